The molecular formula is C21H25ClN2O3. The lowest BCUT2D eigenvalue weighted by Crippen LogP contribution is -2.39. The molecule has 1 aromatic carbocycles. The summed E-state index contributed by atoms with van der Waals surface area (Å²) >= 11 is 5.84. The maximum atomic E-state index is 12.4. The summed E-state index contributed by atoms with van der Waals surface area (Å²) in [6.07, 6.45) is 5.37. The smallest absolute Gasteiger partial charge is 0.251 e. The molecule has 0 aliphatic heterocycles. The van der Waals surface area contributed by atoms with E-state index in [2.05, 4.69) is 10.3 Å². The van der Waals surface area contributed by atoms with Gasteiger partial charge in [0, 0.05) is 23.9 Å². The molecule has 0 unspecified atom stereocenters. The molecular weight excluding hydrogens is 364 g/mol. The van der Waals surface area contributed by atoms with Crippen molar-refractivity contribution in [1.29, 1.82) is 0 Å². The molecule has 1 heterocycles. The number of carbonyl (C=O) groups is 1. The second-order valence-corrected chi connectivity index (χ2v) is 7.51. The lowest BCUT2D eigenvalue weighted by Gasteiger charge is -2.29. The number of nitrogens with one attached hydrogen (secondary N) is 1. The molecule has 1 amide bonds. The highest BCUT2D eigenvalue weighted by Gasteiger charge is 2.24. The topological polar surface area (TPSA) is 60.5 Å². The summed E-state index contributed by atoms with van der Waals surface area (Å²) in [7, 11) is 0. The average Bonchev–Trinajstić information content (AvgIpc) is 2.65. The number of nitrogens with zero attached hydrogens (tertiary/aromatic N) is 1. The summed E-state index contributed by atoms with van der Waals surface area (Å²) < 4.78 is 11.5. The third kappa shape index (κ3) is 5.86. The van der Waals surface area contributed by atoms with Crippen molar-refractivity contribution in [2.24, 2.45) is 0 Å². The molecule has 0 saturated heterocycles. The van der Waals surface area contributed by atoms with Gasteiger partial charge in [0.25, 0.3) is 5.91 Å². The highest BCUT2D eigenvalue weighted by molar-refractivity contribution is 6.30. The van der Waals surface area contributed by atoms with Crippen LogP contribution >= 0.6 is 11.6 Å². The minimum Gasteiger partial charge on any atom is -0.491 e. The van der Waals surface area contributed by atoms with E-state index in [1.807, 2.05) is 26.0 Å². The predicted octanol–water partition coefficient (Wildman–Crippen LogP) is 4.64. The van der Waals surface area contributed by atoms with E-state index in [1.54, 1.807) is 30.5 Å². The Labute approximate surface area is 165 Å². The molecule has 2 aromatic rings. The van der Waals surface area contributed by atoms with Crippen molar-refractivity contribution in [3.8, 4) is 11.6 Å². The van der Waals surface area contributed by atoms with Crippen LogP contribution in [0.5, 0.6) is 11.6 Å². The minimum atomic E-state index is -0.0465. The second kappa shape index (κ2) is 9.09. The summed E-state index contributed by atoms with van der Waals surface area (Å²) in [5, 5.41) is 3.71. The van der Waals surface area contributed by atoms with E-state index in [9.17, 15) is 4.79 Å². The van der Waals surface area contributed by atoms with Crippen molar-refractivity contribution in [1.82, 2.24) is 10.3 Å². The van der Waals surface area contributed by atoms with E-state index in [1.165, 1.54) is 0 Å². The number of rotatable bonds is 6. The first-order valence-electron chi connectivity index (χ1n) is 9.35. The molecule has 0 atom stereocenters. The van der Waals surface area contributed by atoms with Crippen LogP contribution in [0, 0.1) is 0 Å². The van der Waals surface area contributed by atoms with Crippen molar-refractivity contribution in [2.45, 2.75) is 57.8 Å². The summed E-state index contributed by atoms with van der Waals surface area (Å²) in [4.78, 5) is 16.6. The number of carbonyl (C=O) groups excluding carboxylic acids is 1. The molecule has 0 bridgehead atoms. The highest BCUT2D eigenvalue weighted by Crippen LogP contribution is 2.24. The van der Waals surface area contributed by atoms with E-state index < -0.39 is 0 Å². The first-order chi connectivity index (χ1) is 13.0. The molecule has 5 nitrogen and oxygen atoms in total. The normalized spacial score (nSPS) is 19.6. The molecule has 1 saturated carbocycles. The molecule has 27 heavy (non-hydrogen) atoms. The highest BCUT2D eigenvalue weighted by atomic mass is 35.5. The van der Waals surface area contributed by atoms with E-state index in [0.717, 1.165) is 31.4 Å². The van der Waals surface area contributed by atoms with Crippen molar-refractivity contribution < 1.29 is 14.3 Å². The number of halogens is 1. The quantitative estimate of drug-likeness (QED) is 0.782. The molecule has 144 valence electrons. The van der Waals surface area contributed by atoms with Gasteiger partial charge in [-0.15, -0.1) is 0 Å². The predicted molar refractivity (Wildman–Crippen MR) is 106 cm³/mol. The van der Waals surface area contributed by atoms with E-state index in [-0.39, 0.29) is 24.2 Å². The first kappa shape index (κ1) is 19.5. The molecule has 1 aromatic heterocycles. The van der Waals surface area contributed by atoms with E-state index >= 15 is 0 Å². The Morgan fingerprint density at radius 2 is 1.81 bits per heavy atom. The van der Waals surface area contributed by atoms with Crippen molar-refractivity contribution in [2.75, 3.05) is 0 Å². The second-order valence-electron chi connectivity index (χ2n) is 7.07. The molecule has 1 fully saturated rings. The molecule has 6 heteroatoms. The van der Waals surface area contributed by atoms with E-state index in [0.29, 0.717) is 16.5 Å². The van der Waals surface area contributed by atoms with Crippen LogP contribution in [-0.4, -0.2) is 29.1 Å². The van der Waals surface area contributed by atoms with Gasteiger partial charge in [0.1, 0.15) is 11.9 Å². The third-order valence-electron chi connectivity index (χ3n) is 4.49. The molecule has 1 N–H and O–H groups in total. The fraction of sp³-hybridized carbons (Fsp3) is 0.429. The zero-order chi connectivity index (χ0) is 19.2. The number of ether oxygens (including phenoxy) is 2. The van der Waals surface area contributed by atoms with Gasteiger partial charge in [-0.1, -0.05) is 11.6 Å². The van der Waals surface area contributed by atoms with Gasteiger partial charge in [-0.25, -0.2) is 4.98 Å². The third-order valence-corrected chi connectivity index (χ3v) is 4.71. The van der Waals surface area contributed by atoms with Crippen LogP contribution in [0.15, 0.2) is 42.6 Å². The van der Waals surface area contributed by atoms with Gasteiger partial charge in [0.05, 0.1) is 11.1 Å². The summed E-state index contributed by atoms with van der Waals surface area (Å²) in [6, 6.07) is 11.0. The van der Waals surface area contributed by atoms with Crippen LogP contribution in [0.4, 0.5) is 0 Å². The monoisotopic (exact) mass is 388 g/mol. The Hall–Kier alpha value is -2.27. The van der Waals surface area contributed by atoms with Crippen molar-refractivity contribution in [3.63, 3.8) is 0 Å². The summed E-state index contributed by atoms with van der Waals surface area (Å²) in [6.45, 7) is 3.95. The van der Waals surface area contributed by atoms with Crippen molar-refractivity contribution in [3.05, 3.63) is 53.2 Å². The zero-order valence-corrected chi connectivity index (χ0v) is 16.4. The number of hydrogen-bond acceptors (Lipinski definition) is 4. The number of aromatic nitrogens is 1. The van der Waals surface area contributed by atoms with Crippen LogP contribution < -0.4 is 14.8 Å². The Balaban J connectivity index is 1.45. The number of pyridine rings is 1. The Kier molecular flexibility index (Phi) is 6.56. The SMILES string of the molecule is CC(C)Oc1ccc(C(=O)NC2CCC(Oc3ccc(Cl)cn3)CC2)cc1. The van der Waals surface area contributed by atoms with Crippen LogP contribution in [0.1, 0.15) is 49.9 Å². The maximum absolute atomic E-state index is 12.4. The lowest BCUT2D eigenvalue weighted by atomic mass is 9.92. The fourth-order valence-electron chi connectivity index (χ4n) is 3.15. The lowest BCUT2D eigenvalue weighted by molar-refractivity contribution is 0.0890. The largest absolute Gasteiger partial charge is 0.491 e. The standard InChI is InChI=1S/C21H25ClN2O3/c1-14(2)26-18-8-3-15(4-9-18)21(25)24-17-6-10-19(11-7-17)27-20-12-5-16(22)13-23-20/h3-5,8-9,12-14,17,19H,6-7,10-11H2,1-2H3,(H,24,25). The van der Waals surface area contributed by atoms with Gasteiger partial charge in [0.15, 0.2) is 0 Å². The number of benzene rings is 1. The molecule has 1 aliphatic rings. The van der Waals surface area contributed by atoms with Gasteiger partial charge in [-0.2, -0.15) is 0 Å². The Morgan fingerprint density at radius 3 is 2.41 bits per heavy atom. The molecule has 0 radical (unpaired) electrons. The van der Waals surface area contributed by atoms with Gasteiger partial charge in [0.2, 0.25) is 5.88 Å². The van der Waals surface area contributed by atoms with Gasteiger partial charge >= 0.3 is 0 Å². The number of hydrogen-bond donors (Lipinski definition) is 1. The first-order valence-corrected chi connectivity index (χ1v) is 9.73. The van der Waals surface area contributed by atoms with Crippen LogP contribution in [0.2, 0.25) is 5.02 Å². The average molecular weight is 389 g/mol. The van der Waals surface area contributed by atoms with Gasteiger partial charge in [-0.05, 0) is 69.9 Å². The number of amides is 1. The van der Waals surface area contributed by atoms with Crippen molar-refractivity contribution >= 4 is 17.5 Å². The Bertz CT molecular complexity index is 739. The van der Waals surface area contributed by atoms with Crippen LogP contribution in [0.3, 0.4) is 0 Å². The van der Waals surface area contributed by atoms with Crippen LogP contribution in [0.25, 0.3) is 0 Å². The molecule has 0 spiro atoms. The Morgan fingerprint density at radius 1 is 1.11 bits per heavy atom. The van der Waals surface area contributed by atoms with Crippen LogP contribution in [-0.2, 0) is 0 Å². The molecule has 3 rings (SSSR count). The minimum absolute atomic E-state index is 0.0465. The zero-order valence-electron chi connectivity index (χ0n) is 15.7. The maximum Gasteiger partial charge on any atom is 0.251 e. The fourth-order valence-corrected chi connectivity index (χ4v) is 3.27. The summed E-state index contributed by atoms with van der Waals surface area (Å²) in [5.74, 6) is 1.32. The molecule has 1 aliphatic carbocycles. The van der Waals surface area contributed by atoms with Gasteiger partial charge < -0.3 is 14.8 Å². The van der Waals surface area contributed by atoms with E-state index in [4.69, 9.17) is 21.1 Å². The summed E-state index contributed by atoms with van der Waals surface area (Å²) in [5.41, 5.74) is 0.648. The van der Waals surface area contributed by atoms with Gasteiger partial charge in [-0.3, -0.25) is 4.79 Å².